The lowest BCUT2D eigenvalue weighted by molar-refractivity contribution is -0.132. The molecule has 1 aliphatic rings. The Bertz CT molecular complexity index is 1310. The number of hydrogen-bond acceptors (Lipinski definition) is 4. The number of aliphatic hydroxyl groups excluding tert-OH is 1. The number of anilines is 1. The van der Waals surface area contributed by atoms with Crippen LogP contribution in [0.2, 0.25) is 10.0 Å². The average Bonchev–Trinajstić information content (AvgIpc) is 3.14. The number of aliphatic hydroxyl groups is 1. The van der Waals surface area contributed by atoms with E-state index in [1.165, 1.54) is 41.3 Å². The summed E-state index contributed by atoms with van der Waals surface area (Å²) in [5.41, 5.74) is 0.985. The maximum absolute atomic E-state index is 13.7. The number of carbonyl (C=O) groups is 2. The molecule has 186 valence electrons. The molecule has 1 N–H and O–H groups in total. The second-order valence-electron chi connectivity index (χ2n) is 8.40. The van der Waals surface area contributed by atoms with Crippen LogP contribution < -0.4 is 9.64 Å². The normalized spacial score (nSPS) is 17.0. The lowest BCUT2D eigenvalue weighted by Gasteiger charge is -2.25. The minimum atomic E-state index is -1.01. The molecule has 0 aliphatic carbocycles. The van der Waals surface area contributed by atoms with Crippen molar-refractivity contribution < 1.29 is 23.8 Å². The Morgan fingerprint density at radius 3 is 2.31 bits per heavy atom. The number of ketones is 1. The van der Waals surface area contributed by atoms with E-state index in [0.717, 1.165) is 19.3 Å². The summed E-state index contributed by atoms with van der Waals surface area (Å²) in [5.74, 6) is -1.90. The van der Waals surface area contributed by atoms with Crippen LogP contribution in [0.3, 0.4) is 0 Å². The lowest BCUT2D eigenvalue weighted by Crippen LogP contribution is -2.29. The van der Waals surface area contributed by atoms with Gasteiger partial charge in [0.05, 0.1) is 28.3 Å². The zero-order valence-electron chi connectivity index (χ0n) is 19.5. The minimum absolute atomic E-state index is 0.116. The first-order valence-corrected chi connectivity index (χ1v) is 12.3. The fourth-order valence-corrected chi connectivity index (χ4v) is 4.39. The van der Waals surface area contributed by atoms with E-state index in [-0.39, 0.29) is 21.4 Å². The minimum Gasteiger partial charge on any atom is -0.507 e. The molecule has 3 aromatic rings. The van der Waals surface area contributed by atoms with E-state index in [1.807, 2.05) is 0 Å². The van der Waals surface area contributed by atoms with Gasteiger partial charge in [-0.05, 0) is 66.6 Å². The van der Waals surface area contributed by atoms with E-state index in [1.54, 1.807) is 30.3 Å². The third-order valence-electron chi connectivity index (χ3n) is 5.96. The summed E-state index contributed by atoms with van der Waals surface area (Å²) in [6, 6.07) is 15.6. The van der Waals surface area contributed by atoms with Gasteiger partial charge < -0.3 is 9.84 Å². The van der Waals surface area contributed by atoms with E-state index < -0.39 is 23.5 Å². The second kappa shape index (κ2) is 11.1. The van der Waals surface area contributed by atoms with Crippen LogP contribution in [0.5, 0.6) is 5.75 Å². The van der Waals surface area contributed by atoms with Gasteiger partial charge in [-0.25, -0.2) is 4.39 Å². The molecule has 3 aromatic carbocycles. The van der Waals surface area contributed by atoms with Crippen LogP contribution in [0.25, 0.3) is 5.76 Å². The molecular formula is C28H24Cl2FNO4. The molecule has 4 rings (SSSR count). The number of halogens is 3. The van der Waals surface area contributed by atoms with Crippen molar-refractivity contribution in [1.29, 1.82) is 0 Å². The Kier molecular flexibility index (Phi) is 7.97. The fourth-order valence-electron chi connectivity index (χ4n) is 4.10. The van der Waals surface area contributed by atoms with Gasteiger partial charge in [0.1, 0.15) is 17.3 Å². The Hall–Kier alpha value is -3.35. The number of benzene rings is 3. The quantitative estimate of drug-likeness (QED) is 0.144. The van der Waals surface area contributed by atoms with Gasteiger partial charge in [-0.3, -0.25) is 14.5 Å². The fraction of sp³-hybridized carbons (Fsp3) is 0.214. The van der Waals surface area contributed by atoms with Gasteiger partial charge in [-0.1, -0.05) is 55.1 Å². The smallest absolute Gasteiger partial charge is 0.300 e. The van der Waals surface area contributed by atoms with E-state index in [4.69, 9.17) is 27.9 Å². The lowest BCUT2D eigenvalue weighted by atomic mass is 9.95. The molecule has 0 saturated carbocycles. The van der Waals surface area contributed by atoms with Crippen molar-refractivity contribution in [3.05, 3.63) is 99.3 Å². The molecule has 8 heteroatoms. The molecule has 36 heavy (non-hydrogen) atoms. The standard InChI is InChI=1S/C28H24Cl2FNO4/c1-2-3-4-15-36-21-12-7-18(8-13-21)26(33)24-25(17-5-9-19(31)10-6-17)32(28(35)27(24)34)20-11-14-22(29)23(30)16-20/h5-14,16,25,33H,2-4,15H2,1H3/b26-24+. The number of carbonyl (C=O) groups excluding carboxylic acids is 2. The summed E-state index contributed by atoms with van der Waals surface area (Å²) in [7, 11) is 0. The zero-order chi connectivity index (χ0) is 25.8. The number of nitrogens with zero attached hydrogens (tertiary/aromatic N) is 1. The number of hydrogen-bond donors (Lipinski definition) is 1. The molecule has 0 spiro atoms. The molecule has 1 fully saturated rings. The highest BCUT2D eigenvalue weighted by atomic mass is 35.5. The van der Waals surface area contributed by atoms with E-state index in [9.17, 15) is 19.1 Å². The van der Waals surface area contributed by atoms with Gasteiger partial charge in [0.2, 0.25) is 0 Å². The Labute approximate surface area is 218 Å². The Morgan fingerprint density at radius 2 is 1.67 bits per heavy atom. The van der Waals surface area contributed by atoms with E-state index >= 15 is 0 Å². The maximum atomic E-state index is 13.7. The van der Waals surface area contributed by atoms with Crippen molar-refractivity contribution in [2.75, 3.05) is 11.5 Å². The number of unbranched alkanes of at least 4 members (excludes halogenated alkanes) is 2. The summed E-state index contributed by atoms with van der Waals surface area (Å²) in [6.07, 6.45) is 3.10. The van der Waals surface area contributed by atoms with Crippen molar-refractivity contribution in [2.24, 2.45) is 0 Å². The number of rotatable bonds is 8. The van der Waals surface area contributed by atoms with Gasteiger partial charge >= 0.3 is 0 Å². The zero-order valence-corrected chi connectivity index (χ0v) is 21.0. The van der Waals surface area contributed by atoms with Crippen LogP contribution in [0, 0.1) is 5.82 Å². The first kappa shape index (κ1) is 25.7. The molecule has 1 saturated heterocycles. The second-order valence-corrected chi connectivity index (χ2v) is 9.21. The maximum Gasteiger partial charge on any atom is 0.300 e. The van der Waals surface area contributed by atoms with Crippen molar-refractivity contribution in [3.8, 4) is 5.75 Å². The summed E-state index contributed by atoms with van der Waals surface area (Å²) >= 11 is 12.2. The first-order valence-electron chi connectivity index (χ1n) is 11.6. The van der Waals surface area contributed by atoms with Crippen LogP contribution in [0.1, 0.15) is 43.4 Å². The third kappa shape index (κ3) is 5.25. The van der Waals surface area contributed by atoms with Crippen molar-refractivity contribution in [1.82, 2.24) is 0 Å². The summed E-state index contributed by atoms with van der Waals surface area (Å²) in [6.45, 7) is 2.69. The molecule has 1 amide bonds. The molecule has 0 bridgehead atoms. The predicted octanol–water partition coefficient (Wildman–Crippen LogP) is 7.33. The number of Topliss-reactive ketones (excluding diaryl/α,β-unsaturated/α-hetero) is 1. The van der Waals surface area contributed by atoms with Crippen LogP contribution >= 0.6 is 23.2 Å². The first-order chi connectivity index (χ1) is 17.3. The van der Waals surface area contributed by atoms with Crippen LogP contribution in [-0.2, 0) is 9.59 Å². The molecule has 1 aliphatic heterocycles. The Balaban J connectivity index is 1.76. The molecule has 1 heterocycles. The van der Waals surface area contributed by atoms with Crippen molar-refractivity contribution in [3.63, 3.8) is 0 Å². The largest absolute Gasteiger partial charge is 0.507 e. The van der Waals surface area contributed by atoms with Gasteiger partial charge in [-0.15, -0.1) is 0 Å². The van der Waals surface area contributed by atoms with Crippen LogP contribution in [0.15, 0.2) is 72.3 Å². The number of ether oxygens (including phenoxy) is 1. The highest BCUT2D eigenvalue weighted by molar-refractivity contribution is 6.52. The molecular weight excluding hydrogens is 504 g/mol. The van der Waals surface area contributed by atoms with Gasteiger partial charge in [0, 0.05) is 11.3 Å². The monoisotopic (exact) mass is 527 g/mol. The van der Waals surface area contributed by atoms with Crippen LogP contribution in [0.4, 0.5) is 10.1 Å². The van der Waals surface area contributed by atoms with Crippen molar-refractivity contribution in [2.45, 2.75) is 32.2 Å². The van der Waals surface area contributed by atoms with Crippen LogP contribution in [-0.4, -0.2) is 23.4 Å². The SMILES string of the molecule is CCCCCOc1ccc(/C(O)=C2\C(=O)C(=O)N(c3ccc(Cl)c(Cl)c3)C2c2ccc(F)cc2)cc1. The van der Waals surface area contributed by atoms with Crippen molar-refractivity contribution >= 4 is 46.3 Å². The van der Waals surface area contributed by atoms with E-state index in [2.05, 4.69) is 6.92 Å². The third-order valence-corrected chi connectivity index (χ3v) is 6.69. The van der Waals surface area contributed by atoms with E-state index in [0.29, 0.717) is 29.2 Å². The molecule has 1 unspecified atom stereocenters. The molecule has 0 aromatic heterocycles. The highest BCUT2D eigenvalue weighted by Gasteiger charge is 2.47. The van der Waals surface area contributed by atoms with Gasteiger partial charge in [-0.2, -0.15) is 0 Å². The molecule has 1 atom stereocenters. The predicted molar refractivity (Wildman–Crippen MR) is 139 cm³/mol. The molecule has 0 radical (unpaired) electrons. The molecule has 5 nitrogen and oxygen atoms in total. The highest BCUT2D eigenvalue weighted by Crippen LogP contribution is 2.43. The van der Waals surface area contributed by atoms with Gasteiger partial charge in [0.15, 0.2) is 0 Å². The number of amides is 1. The van der Waals surface area contributed by atoms with Gasteiger partial charge in [0.25, 0.3) is 11.7 Å². The topological polar surface area (TPSA) is 66.8 Å². The Morgan fingerprint density at radius 1 is 0.972 bits per heavy atom. The summed E-state index contributed by atoms with van der Waals surface area (Å²) in [5, 5.41) is 11.7. The average molecular weight is 528 g/mol. The summed E-state index contributed by atoms with van der Waals surface area (Å²) in [4.78, 5) is 27.6. The summed E-state index contributed by atoms with van der Waals surface area (Å²) < 4.78 is 19.4.